The van der Waals surface area contributed by atoms with Gasteiger partial charge in [0.05, 0.1) is 11.6 Å². The number of rotatable bonds is 9. The zero-order chi connectivity index (χ0) is 26.7. The molecule has 4 aromatic rings. The number of aromatic amines is 1. The van der Waals surface area contributed by atoms with Crippen LogP contribution in [0.5, 0.6) is 11.6 Å². The third-order valence-corrected chi connectivity index (χ3v) is 7.60. The number of carbonyl (C=O) groups is 1. The molecule has 3 N–H and O–H groups in total. The molecule has 0 spiro atoms. The van der Waals surface area contributed by atoms with E-state index in [1.54, 1.807) is 34.8 Å². The SMILES string of the molecule is C=CC(=O)Nc1cccc(Oc2nc(Nc3ccc(C[C@H]4CCN(S(C)(=O)=O)C4)cc3)nc3[nH]ccc23)c1. The van der Waals surface area contributed by atoms with Crippen LogP contribution in [0.15, 0.2) is 73.4 Å². The summed E-state index contributed by atoms with van der Waals surface area (Å²) in [6.07, 6.45) is 5.91. The minimum atomic E-state index is -3.14. The maximum absolute atomic E-state index is 11.8. The van der Waals surface area contributed by atoms with Gasteiger partial charge >= 0.3 is 0 Å². The standard InChI is InChI=1S/C27H28N6O4S/c1-3-24(34)29-21-5-4-6-22(16-21)37-26-23-11-13-28-25(23)31-27(32-26)30-20-9-7-18(8-10-20)15-19-12-14-33(17-19)38(2,35)36/h3-11,13,16,19H,1,12,14-15,17H2,2H3,(H,29,34)(H2,28,30,31,32)/t19-/m1/s1. The second kappa shape index (κ2) is 10.6. The predicted octanol–water partition coefficient (Wildman–Crippen LogP) is 4.44. The molecule has 11 heteroatoms. The smallest absolute Gasteiger partial charge is 0.247 e. The van der Waals surface area contributed by atoms with Crippen molar-refractivity contribution in [3.8, 4) is 11.6 Å². The van der Waals surface area contributed by atoms with Gasteiger partial charge in [-0.1, -0.05) is 24.8 Å². The van der Waals surface area contributed by atoms with Crippen molar-refractivity contribution in [2.75, 3.05) is 30.0 Å². The van der Waals surface area contributed by atoms with Crippen LogP contribution in [-0.4, -0.2) is 52.9 Å². The first-order valence-corrected chi connectivity index (χ1v) is 14.0. The molecule has 2 aromatic carbocycles. The van der Waals surface area contributed by atoms with Gasteiger partial charge in [-0.05, 0) is 60.7 Å². The van der Waals surface area contributed by atoms with E-state index in [0.717, 1.165) is 24.1 Å². The van der Waals surface area contributed by atoms with E-state index in [4.69, 9.17) is 4.74 Å². The summed E-state index contributed by atoms with van der Waals surface area (Å²) in [5.41, 5.74) is 3.14. The number of hydrogen-bond acceptors (Lipinski definition) is 7. The number of fused-ring (bicyclic) bond motifs is 1. The van der Waals surface area contributed by atoms with Crippen LogP contribution in [0.4, 0.5) is 17.3 Å². The molecule has 38 heavy (non-hydrogen) atoms. The average molecular weight is 533 g/mol. The molecule has 1 fully saturated rings. The summed E-state index contributed by atoms with van der Waals surface area (Å²) in [5.74, 6) is 1.22. The third kappa shape index (κ3) is 6.01. The molecule has 1 aliphatic rings. The molecule has 0 unspecified atom stereocenters. The van der Waals surface area contributed by atoms with Gasteiger partial charge in [-0.15, -0.1) is 0 Å². The Morgan fingerprint density at radius 3 is 2.74 bits per heavy atom. The largest absolute Gasteiger partial charge is 0.438 e. The van der Waals surface area contributed by atoms with Gasteiger partial charge in [-0.3, -0.25) is 4.79 Å². The van der Waals surface area contributed by atoms with Crippen molar-refractivity contribution >= 4 is 44.3 Å². The molecule has 0 radical (unpaired) electrons. The number of aromatic nitrogens is 3. The molecule has 1 atom stereocenters. The highest BCUT2D eigenvalue weighted by molar-refractivity contribution is 7.88. The van der Waals surface area contributed by atoms with Gasteiger partial charge < -0.3 is 20.4 Å². The Labute approximate surface area is 220 Å². The van der Waals surface area contributed by atoms with Gasteiger partial charge in [0.25, 0.3) is 0 Å². The van der Waals surface area contributed by atoms with E-state index in [0.29, 0.717) is 53.3 Å². The fourth-order valence-electron chi connectivity index (χ4n) is 4.44. The number of ether oxygens (including phenoxy) is 1. The first kappa shape index (κ1) is 25.4. The zero-order valence-corrected chi connectivity index (χ0v) is 21.7. The first-order valence-electron chi connectivity index (χ1n) is 12.1. The number of nitrogens with zero attached hydrogens (tertiary/aromatic N) is 3. The lowest BCUT2D eigenvalue weighted by atomic mass is 9.99. The minimum absolute atomic E-state index is 0.311. The van der Waals surface area contributed by atoms with Crippen molar-refractivity contribution in [1.82, 2.24) is 19.3 Å². The topological polar surface area (TPSA) is 129 Å². The highest BCUT2D eigenvalue weighted by atomic mass is 32.2. The fourth-order valence-corrected chi connectivity index (χ4v) is 5.36. The van der Waals surface area contributed by atoms with Crippen LogP contribution in [-0.2, 0) is 21.2 Å². The number of sulfonamides is 1. The highest BCUT2D eigenvalue weighted by Gasteiger charge is 2.28. The first-order chi connectivity index (χ1) is 18.3. The Hall–Kier alpha value is -4.22. The maximum atomic E-state index is 11.8. The van der Waals surface area contributed by atoms with Crippen LogP contribution in [0.25, 0.3) is 11.0 Å². The van der Waals surface area contributed by atoms with Crippen molar-refractivity contribution in [1.29, 1.82) is 0 Å². The Morgan fingerprint density at radius 2 is 2.00 bits per heavy atom. The Morgan fingerprint density at radius 1 is 1.18 bits per heavy atom. The van der Waals surface area contributed by atoms with Crippen LogP contribution in [0.3, 0.4) is 0 Å². The predicted molar refractivity (Wildman–Crippen MR) is 147 cm³/mol. The number of benzene rings is 2. The molecular formula is C27H28N6O4S. The van der Waals surface area contributed by atoms with E-state index in [9.17, 15) is 13.2 Å². The van der Waals surface area contributed by atoms with E-state index in [2.05, 4.69) is 32.2 Å². The number of hydrogen-bond donors (Lipinski definition) is 3. The lowest BCUT2D eigenvalue weighted by Gasteiger charge is -2.14. The summed E-state index contributed by atoms with van der Waals surface area (Å²) in [7, 11) is -3.14. The molecule has 1 saturated heterocycles. The van der Waals surface area contributed by atoms with Crippen LogP contribution < -0.4 is 15.4 Å². The zero-order valence-electron chi connectivity index (χ0n) is 20.8. The Kier molecular flexibility index (Phi) is 7.12. The number of H-pyrrole nitrogens is 1. The van der Waals surface area contributed by atoms with E-state index >= 15 is 0 Å². The van der Waals surface area contributed by atoms with Gasteiger partial charge in [0.2, 0.25) is 27.8 Å². The molecule has 2 aromatic heterocycles. The van der Waals surface area contributed by atoms with Gasteiger partial charge in [0.15, 0.2) is 0 Å². The van der Waals surface area contributed by atoms with Crippen LogP contribution in [0.2, 0.25) is 0 Å². The minimum Gasteiger partial charge on any atom is -0.438 e. The summed E-state index contributed by atoms with van der Waals surface area (Å²) in [6, 6.07) is 16.8. The number of nitrogens with one attached hydrogen (secondary N) is 3. The second-order valence-electron chi connectivity index (χ2n) is 9.22. The molecule has 5 rings (SSSR count). The van der Waals surface area contributed by atoms with Crippen molar-refractivity contribution in [3.63, 3.8) is 0 Å². The molecule has 0 aliphatic carbocycles. The van der Waals surface area contributed by atoms with Crippen LogP contribution >= 0.6 is 0 Å². The normalized spacial score (nSPS) is 15.9. The summed E-state index contributed by atoms with van der Waals surface area (Å²) in [6.45, 7) is 4.61. The van der Waals surface area contributed by atoms with E-state index in [-0.39, 0.29) is 5.91 Å². The van der Waals surface area contributed by atoms with Crippen molar-refractivity contribution in [2.45, 2.75) is 12.8 Å². The lowest BCUT2D eigenvalue weighted by Crippen LogP contribution is -2.27. The van der Waals surface area contributed by atoms with Crippen LogP contribution in [0, 0.1) is 5.92 Å². The number of carbonyl (C=O) groups excluding carboxylic acids is 1. The lowest BCUT2D eigenvalue weighted by molar-refractivity contribution is -0.111. The van der Waals surface area contributed by atoms with Crippen LogP contribution in [0.1, 0.15) is 12.0 Å². The number of anilines is 3. The monoisotopic (exact) mass is 532 g/mol. The van der Waals surface area contributed by atoms with Gasteiger partial charge in [-0.2, -0.15) is 9.97 Å². The number of amides is 1. The van der Waals surface area contributed by atoms with Gasteiger partial charge in [0, 0.05) is 36.7 Å². The molecule has 0 saturated carbocycles. The summed E-state index contributed by atoms with van der Waals surface area (Å²) in [5, 5.41) is 6.65. The van der Waals surface area contributed by atoms with Gasteiger partial charge in [0.1, 0.15) is 11.4 Å². The molecule has 10 nitrogen and oxygen atoms in total. The quantitative estimate of drug-likeness (QED) is 0.272. The summed E-state index contributed by atoms with van der Waals surface area (Å²) in [4.78, 5) is 23.9. The molecule has 196 valence electrons. The van der Waals surface area contributed by atoms with E-state index in [1.165, 1.54) is 12.3 Å². The summed E-state index contributed by atoms with van der Waals surface area (Å²) < 4.78 is 31.2. The van der Waals surface area contributed by atoms with Crippen molar-refractivity contribution in [2.24, 2.45) is 5.92 Å². The van der Waals surface area contributed by atoms with E-state index < -0.39 is 10.0 Å². The van der Waals surface area contributed by atoms with Crippen molar-refractivity contribution < 1.29 is 17.9 Å². The molecular weight excluding hydrogens is 504 g/mol. The third-order valence-electron chi connectivity index (χ3n) is 6.33. The van der Waals surface area contributed by atoms with E-state index in [1.807, 2.05) is 30.3 Å². The van der Waals surface area contributed by atoms with Crippen molar-refractivity contribution in [3.05, 3.63) is 79.0 Å². The Balaban J connectivity index is 1.29. The highest BCUT2D eigenvalue weighted by Crippen LogP contribution is 2.30. The van der Waals surface area contributed by atoms with Gasteiger partial charge in [-0.25, -0.2) is 12.7 Å². The summed E-state index contributed by atoms with van der Waals surface area (Å²) >= 11 is 0. The fraction of sp³-hybridized carbons (Fsp3) is 0.222. The molecule has 1 amide bonds. The second-order valence-corrected chi connectivity index (χ2v) is 11.2. The molecule has 3 heterocycles. The average Bonchev–Trinajstić information content (AvgIpc) is 3.55. The molecule has 1 aliphatic heterocycles. The Bertz CT molecular complexity index is 1580. The molecule has 0 bridgehead atoms. The maximum Gasteiger partial charge on any atom is 0.247 e.